The minimum atomic E-state index is -1.46. The van der Waals surface area contributed by atoms with E-state index in [1.807, 2.05) is 24.3 Å². The summed E-state index contributed by atoms with van der Waals surface area (Å²) in [5.41, 5.74) is 4.24. The maximum Gasteiger partial charge on any atom is 0.345 e. The van der Waals surface area contributed by atoms with E-state index in [-0.39, 0.29) is 23.9 Å². The number of aliphatic carboxylic acids is 1. The Labute approximate surface area is 307 Å². The highest BCUT2D eigenvalue weighted by Gasteiger charge is 2.28. The summed E-state index contributed by atoms with van der Waals surface area (Å²) in [6.07, 6.45) is 2.60. The van der Waals surface area contributed by atoms with E-state index in [0.717, 1.165) is 0 Å². The smallest absolute Gasteiger partial charge is 0.345 e. The molecule has 260 valence electrons. The Morgan fingerprint density at radius 1 is 1.02 bits per heavy atom. The van der Waals surface area contributed by atoms with Crippen molar-refractivity contribution >= 4 is 51.7 Å². The lowest BCUT2D eigenvalue weighted by molar-refractivity contribution is -0.145. The number of methoxy groups -OCH3 is 1. The number of thiophene rings is 1. The minimum Gasteiger partial charge on any atom is -0.496 e. The van der Waals surface area contributed by atoms with Crippen LogP contribution < -0.4 is 14.2 Å². The molecule has 0 spiro atoms. The second-order valence-electron chi connectivity index (χ2n) is 11.3. The van der Waals surface area contributed by atoms with E-state index in [4.69, 9.17) is 25.8 Å². The van der Waals surface area contributed by atoms with Gasteiger partial charge in [0.2, 0.25) is 12.0 Å². The quantitative estimate of drug-likeness (QED) is 0.0932. The molecule has 0 aliphatic rings. The average Bonchev–Trinajstić information content (AvgIpc) is 3.53. The predicted molar refractivity (Wildman–Crippen MR) is 196 cm³/mol. The van der Waals surface area contributed by atoms with Gasteiger partial charge in [-0.25, -0.2) is 24.7 Å². The SMILES string of the molecule is CC#Cc1sc2ncnc(OC(Cc3cc(C=O)ccc3OCc3ccnc(-c4ccccc4OC)n3)C(=O)O)c2c1-c1ccc(C=O)c(Cl)c1C. The van der Waals surface area contributed by atoms with Crippen LogP contribution in [0.25, 0.3) is 32.7 Å². The lowest BCUT2D eigenvalue weighted by Gasteiger charge is -2.18. The van der Waals surface area contributed by atoms with Gasteiger partial charge in [0.25, 0.3) is 0 Å². The number of benzene rings is 3. The van der Waals surface area contributed by atoms with Gasteiger partial charge in [0.15, 0.2) is 12.1 Å². The molecule has 0 aliphatic heterocycles. The molecule has 52 heavy (non-hydrogen) atoms. The lowest BCUT2D eigenvalue weighted by Crippen LogP contribution is -2.30. The van der Waals surface area contributed by atoms with Crippen LogP contribution in [-0.4, -0.2) is 56.8 Å². The van der Waals surface area contributed by atoms with Crippen LogP contribution in [0.5, 0.6) is 17.4 Å². The van der Waals surface area contributed by atoms with Gasteiger partial charge in [-0.05, 0) is 73.0 Å². The predicted octanol–water partition coefficient (Wildman–Crippen LogP) is 7.44. The zero-order chi connectivity index (χ0) is 36.8. The van der Waals surface area contributed by atoms with Crippen molar-refractivity contribution in [1.29, 1.82) is 0 Å². The lowest BCUT2D eigenvalue weighted by atomic mass is 9.96. The van der Waals surface area contributed by atoms with Crippen LogP contribution >= 0.6 is 22.9 Å². The van der Waals surface area contributed by atoms with Crippen molar-refractivity contribution in [2.24, 2.45) is 0 Å². The number of aromatic nitrogens is 4. The number of para-hydroxylation sites is 1. The maximum absolute atomic E-state index is 12.8. The molecular formula is C39H29ClN4O7S. The number of fused-ring (bicyclic) bond motifs is 1. The van der Waals surface area contributed by atoms with E-state index in [1.54, 1.807) is 63.6 Å². The minimum absolute atomic E-state index is 0.0154. The van der Waals surface area contributed by atoms with Gasteiger partial charge in [0, 0.05) is 29.3 Å². The third-order valence-corrected chi connectivity index (χ3v) is 9.61. The van der Waals surface area contributed by atoms with Crippen molar-refractivity contribution in [3.8, 4) is 51.7 Å². The topological polar surface area (TPSA) is 151 Å². The number of nitrogens with zero attached hydrogens (tertiary/aromatic N) is 4. The third-order valence-electron chi connectivity index (χ3n) is 8.10. The summed E-state index contributed by atoms with van der Waals surface area (Å²) < 4.78 is 17.8. The number of hydrogen-bond acceptors (Lipinski definition) is 11. The van der Waals surface area contributed by atoms with E-state index in [2.05, 4.69) is 31.8 Å². The zero-order valence-corrected chi connectivity index (χ0v) is 29.6. The standard InChI is InChI=1S/C39H29ClN4O7S/c1-4-7-32-33(27-12-11-24(19-46)35(40)22(27)2)34-37(42-21-43-38(34)52-32)51-31(39(47)48)17-25-16-23(18-45)10-13-29(25)50-20-26-14-15-41-36(44-26)28-8-5-6-9-30(28)49-3/h5-6,8-16,18-19,21,31H,17,20H2,1-3H3,(H,47,48). The monoisotopic (exact) mass is 732 g/mol. The summed E-state index contributed by atoms with van der Waals surface area (Å²) in [6.45, 7) is 3.50. The molecule has 0 fully saturated rings. The van der Waals surface area contributed by atoms with Gasteiger partial charge in [0.05, 0.1) is 33.7 Å². The molecule has 13 heteroatoms. The normalized spacial score (nSPS) is 11.3. The van der Waals surface area contributed by atoms with Crippen LogP contribution in [0.4, 0.5) is 0 Å². The highest BCUT2D eigenvalue weighted by molar-refractivity contribution is 7.19. The fourth-order valence-corrected chi connectivity index (χ4v) is 6.86. The first-order valence-corrected chi connectivity index (χ1v) is 17.0. The Balaban J connectivity index is 1.34. The van der Waals surface area contributed by atoms with Crippen LogP contribution in [-0.2, 0) is 17.8 Å². The number of aldehydes is 2. The Bertz CT molecular complexity index is 2400. The number of carbonyl (C=O) groups excluding carboxylic acids is 2. The molecule has 11 nitrogen and oxygen atoms in total. The van der Waals surface area contributed by atoms with E-state index in [0.29, 0.717) is 89.6 Å². The van der Waals surface area contributed by atoms with Gasteiger partial charge >= 0.3 is 5.97 Å². The first-order valence-electron chi connectivity index (χ1n) is 15.8. The summed E-state index contributed by atoms with van der Waals surface area (Å²) in [5, 5.41) is 11.1. The van der Waals surface area contributed by atoms with Crippen molar-refractivity contribution in [2.45, 2.75) is 33.0 Å². The van der Waals surface area contributed by atoms with Gasteiger partial charge in [-0.3, -0.25) is 9.59 Å². The number of carbonyl (C=O) groups is 3. The molecule has 3 aromatic carbocycles. The van der Waals surface area contributed by atoms with E-state index in [1.165, 1.54) is 17.7 Å². The van der Waals surface area contributed by atoms with Gasteiger partial charge in [-0.15, -0.1) is 17.3 Å². The Morgan fingerprint density at radius 3 is 2.60 bits per heavy atom. The molecule has 1 unspecified atom stereocenters. The summed E-state index contributed by atoms with van der Waals surface area (Å²) in [5.74, 6) is 6.16. The first kappa shape index (κ1) is 35.7. The van der Waals surface area contributed by atoms with Gasteiger partial charge < -0.3 is 19.3 Å². The number of ether oxygens (including phenoxy) is 3. The molecule has 0 radical (unpaired) electrons. The molecule has 6 rings (SSSR count). The van der Waals surface area contributed by atoms with Gasteiger partial charge in [-0.2, -0.15) is 0 Å². The second kappa shape index (κ2) is 15.8. The average molecular weight is 733 g/mol. The number of hydrogen-bond donors (Lipinski definition) is 1. The van der Waals surface area contributed by atoms with Gasteiger partial charge in [0.1, 0.15) is 35.5 Å². The summed E-state index contributed by atoms with van der Waals surface area (Å²) in [4.78, 5) is 55.1. The van der Waals surface area contributed by atoms with Gasteiger partial charge in [-0.1, -0.05) is 35.7 Å². The van der Waals surface area contributed by atoms with Crippen molar-refractivity contribution in [2.75, 3.05) is 7.11 Å². The molecule has 1 atom stereocenters. The highest BCUT2D eigenvalue weighted by atomic mass is 35.5. The summed E-state index contributed by atoms with van der Waals surface area (Å²) in [6, 6.07) is 17.2. The molecule has 3 aromatic heterocycles. The number of carboxylic acids is 1. The molecule has 3 heterocycles. The molecule has 0 amide bonds. The van der Waals surface area contributed by atoms with Crippen LogP contribution in [0.2, 0.25) is 5.02 Å². The Morgan fingerprint density at radius 2 is 1.85 bits per heavy atom. The summed E-state index contributed by atoms with van der Waals surface area (Å²) >= 11 is 7.85. The fraction of sp³-hybridized carbons (Fsp3) is 0.154. The molecule has 0 aliphatic carbocycles. The first-order chi connectivity index (χ1) is 25.3. The number of halogens is 1. The molecule has 1 N–H and O–H groups in total. The van der Waals surface area contributed by atoms with Crippen LogP contribution in [0.15, 0.2) is 73.2 Å². The molecular weight excluding hydrogens is 704 g/mol. The highest BCUT2D eigenvalue weighted by Crippen LogP contribution is 2.44. The maximum atomic E-state index is 12.8. The zero-order valence-electron chi connectivity index (χ0n) is 28.0. The Kier molecular flexibility index (Phi) is 10.8. The Hall–Kier alpha value is -6.16. The second-order valence-corrected chi connectivity index (χ2v) is 12.7. The summed E-state index contributed by atoms with van der Waals surface area (Å²) in [7, 11) is 1.57. The van der Waals surface area contributed by atoms with Crippen LogP contribution in [0, 0.1) is 18.8 Å². The van der Waals surface area contributed by atoms with Crippen molar-refractivity contribution in [1.82, 2.24) is 19.9 Å². The number of rotatable bonds is 13. The van der Waals surface area contributed by atoms with Crippen LogP contribution in [0.1, 0.15) is 49.3 Å². The third kappa shape index (κ3) is 7.32. The van der Waals surface area contributed by atoms with E-state index in [9.17, 15) is 19.5 Å². The molecule has 0 saturated heterocycles. The van der Waals surface area contributed by atoms with E-state index < -0.39 is 12.1 Å². The molecule has 6 aromatic rings. The van der Waals surface area contributed by atoms with Crippen molar-refractivity contribution in [3.63, 3.8) is 0 Å². The molecule has 0 saturated carbocycles. The number of carboxylic acid groups (broad SMARTS) is 1. The fourth-order valence-electron chi connectivity index (χ4n) is 5.60. The van der Waals surface area contributed by atoms with Crippen molar-refractivity contribution < 1.29 is 33.7 Å². The van der Waals surface area contributed by atoms with Crippen LogP contribution in [0.3, 0.4) is 0 Å². The molecule has 0 bridgehead atoms. The van der Waals surface area contributed by atoms with E-state index >= 15 is 0 Å². The largest absolute Gasteiger partial charge is 0.496 e. The van der Waals surface area contributed by atoms with Crippen molar-refractivity contribution in [3.05, 3.63) is 111 Å².